The monoisotopic (exact) mass is 376 g/mol. The van der Waals surface area contributed by atoms with Crippen LogP contribution in [0.15, 0.2) is 27.9 Å². The Kier molecular flexibility index (Phi) is 4.85. The normalized spacial score (nSPS) is 19.2. The summed E-state index contributed by atoms with van der Waals surface area (Å²) in [6.45, 7) is 3.96. The van der Waals surface area contributed by atoms with Gasteiger partial charge in [-0.2, -0.15) is 0 Å². The minimum Gasteiger partial charge on any atom is -0.486 e. The van der Waals surface area contributed by atoms with Gasteiger partial charge in [0.25, 0.3) is 0 Å². The van der Waals surface area contributed by atoms with Gasteiger partial charge in [0.2, 0.25) is 5.91 Å². The second kappa shape index (κ2) is 7.25. The van der Waals surface area contributed by atoms with Gasteiger partial charge >= 0.3 is 0 Å². The van der Waals surface area contributed by atoms with Gasteiger partial charge in [0.05, 0.1) is 11.8 Å². The average Bonchev–Trinajstić information content (AvgIpc) is 3.28. The van der Waals surface area contributed by atoms with Gasteiger partial charge in [-0.1, -0.05) is 17.8 Å². The predicted octanol–water partition coefficient (Wildman–Crippen LogP) is 3.68. The molecule has 1 amide bonds. The number of hydrogen-bond acceptors (Lipinski definition) is 6. The second-order valence-electron chi connectivity index (χ2n) is 6.19. The van der Waals surface area contributed by atoms with Crippen molar-refractivity contribution >= 4 is 29.0 Å². The number of amides is 1. The molecule has 0 spiro atoms. The first kappa shape index (κ1) is 16.7. The van der Waals surface area contributed by atoms with E-state index in [1.807, 2.05) is 29.3 Å². The first-order chi connectivity index (χ1) is 12.2. The fraction of sp³-hybridized carbons (Fsp3) is 0.444. The topological polar surface area (TPSA) is 51.7 Å². The third-order valence-corrected chi connectivity index (χ3v) is 6.56. The van der Waals surface area contributed by atoms with Crippen molar-refractivity contribution < 1.29 is 14.3 Å². The number of likely N-dealkylation sites (tertiary alicyclic amines) is 1. The number of hydrogen-bond donors (Lipinski definition) is 0. The van der Waals surface area contributed by atoms with E-state index >= 15 is 0 Å². The molecule has 0 bridgehead atoms. The first-order valence-electron chi connectivity index (χ1n) is 8.44. The maximum Gasteiger partial charge on any atom is 0.233 e. The molecule has 2 aliphatic heterocycles. The highest BCUT2D eigenvalue weighted by Gasteiger charge is 2.30. The molecule has 4 rings (SSSR count). The Balaban J connectivity index is 1.45. The molecule has 0 unspecified atom stereocenters. The van der Waals surface area contributed by atoms with Crippen LogP contribution in [-0.4, -0.2) is 41.3 Å². The van der Waals surface area contributed by atoms with Crippen molar-refractivity contribution in [1.82, 2.24) is 9.88 Å². The standard InChI is InChI=1S/C18H20N2O3S2/c1-12-10-24-18(19-12)25-11-17(21)20-6-2-3-14(20)13-4-5-15-16(9-13)23-8-7-22-15/h4-5,9-10,14H,2-3,6-8,11H2,1H3/t14-/m0/s1. The number of rotatable bonds is 4. The lowest BCUT2D eigenvalue weighted by molar-refractivity contribution is -0.129. The molecular weight excluding hydrogens is 356 g/mol. The van der Waals surface area contributed by atoms with E-state index in [1.54, 1.807) is 11.3 Å². The van der Waals surface area contributed by atoms with Crippen LogP contribution in [0.2, 0.25) is 0 Å². The van der Waals surface area contributed by atoms with E-state index in [1.165, 1.54) is 11.8 Å². The fourth-order valence-electron chi connectivity index (χ4n) is 3.28. The maximum atomic E-state index is 12.7. The van der Waals surface area contributed by atoms with Crippen molar-refractivity contribution in [1.29, 1.82) is 0 Å². The van der Waals surface area contributed by atoms with E-state index in [-0.39, 0.29) is 11.9 Å². The zero-order valence-electron chi connectivity index (χ0n) is 14.1. The van der Waals surface area contributed by atoms with Gasteiger partial charge in [-0.25, -0.2) is 4.98 Å². The van der Waals surface area contributed by atoms with Crippen molar-refractivity contribution in [3.8, 4) is 11.5 Å². The number of fused-ring (bicyclic) bond motifs is 1. The van der Waals surface area contributed by atoms with Gasteiger partial charge in [-0.3, -0.25) is 4.79 Å². The summed E-state index contributed by atoms with van der Waals surface area (Å²) in [6.07, 6.45) is 2.03. The Bertz CT molecular complexity index is 777. The highest BCUT2D eigenvalue weighted by molar-refractivity contribution is 8.01. The Morgan fingerprint density at radius 3 is 3.00 bits per heavy atom. The Labute approximate surface area is 155 Å². The molecule has 132 valence electrons. The summed E-state index contributed by atoms with van der Waals surface area (Å²) < 4.78 is 12.2. The minimum atomic E-state index is 0.127. The molecule has 1 aromatic heterocycles. The Morgan fingerprint density at radius 2 is 2.20 bits per heavy atom. The number of carbonyl (C=O) groups is 1. The average molecular weight is 377 g/mol. The number of aryl methyl sites for hydroxylation is 1. The van der Waals surface area contributed by atoms with Gasteiger partial charge in [-0.05, 0) is 37.5 Å². The summed E-state index contributed by atoms with van der Waals surface area (Å²) in [5, 5.41) is 2.01. The number of thiazole rings is 1. The van der Waals surface area contributed by atoms with Crippen molar-refractivity contribution in [2.45, 2.75) is 30.1 Å². The van der Waals surface area contributed by atoms with E-state index in [9.17, 15) is 4.79 Å². The fourth-order valence-corrected chi connectivity index (χ4v) is 5.02. The van der Waals surface area contributed by atoms with Crippen LogP contribution in [0.3, 0.4) is 0 Å². The summed E-state index contributed by atoms with van der Waals surface area (Å²) in [5.74, 6) is 2.19. The predicted molar refractivity (Wildman–Crippen MR) is 98.7 cm³/mol. The van der Waals surface area contributed by atoms with Gasteiger partial charge < -0.3 is 14.4 Å². The molecule has 0 N–H and O–H groups in total. The number of benzene rings is 1. The van der Waals surface area contributed by atoms with Crippen LogP contribution < -0.4 is 9.47 Å². The smallest absolute Gasteiger partial charge is 0.233 e. The SMILES string of the molecule is Cc1csc(SCC(=O)N2CCC[C@H]2c2ccc3c(c2)OCCO3)n1. The lowest BCUT2D eigenvalue weighted by Gasteiger charge is -2.26. The number of nitrogens with zero attached hydrogens (tertiary/aromatic N) is 2. The van der Waals surface area contributed by atoms with Crippen molar-refractivity contribution in [3.05, 3.63) is 34.8 Å². The van der Waals surface area contributed by atoms with Crippen LogP contribution >= 0.6 is 23.1 Å². The summed E-state index contributed by atoms with van der Waals surface area (Å²) in [7, 11) is 0. The van der Waals surface area contributed by atoms with Crippen molar-refractivity contribution in [2.75, 3.05) is 25.5 Å². The van der Waals surface area contributed by atoms with E-state index in [0.29, 0.717) is 19.0 Å². The van der Waals surface area contributed by atoms with Gasteiger partial charge in [-0.15, -0.1) is 11.3 Å². The van der Waals surface area contributed by atoms with Gasteiger partial charge in [0.1, 0.15) is 13.2 Å². The Morgan fingerprint density at radius 1 is 1.36 bits per heavy atom. The molecule has 1 aromatic carbocycles. The van der Waals surface area contributed by atoms with Gasteiger partial charge in [0.15, 0.2) is 15.8 Å². The molecule has 3 heterocycles. The summed E-state index contributed by atoms with van der Waals surface area (Å²) in [4.78, 5) is 19.1. The molecule has 1 atom stereocenters. The molecule has 5 nitrogen and oxygen atoms in total. The zero-order chi connectivity index (χ0) is 17.2. The number of ether oxygens (including phenoxy) is 2. The molecular formula is C18H20N2O3S2. The molecule has 0 saturated carbocycles. The maximum absolute atomic E-state index is 12.7. The van der Waals surface area contributed by atoms with E-state index in [0.717, 1.165) is 46.5 Å². The van der Waals surface area contributed by atoms with Crippen LogP contribution in [-0.2, 0) is 4.79 Å². The van der Waals surface area contributed by atoms with Crippen molar-refractivity contribution in [3.63, 3.8) is 0 Å². The summed E-state index contributed by atoms with van der Waals surface area (Å²) >= 11 is 3.13. The first-order valence-corrected chi connectivity index (χ1v) is 10.3. The largest absolute Gasteiger partial charge is 0.486 e. The molecule has 1 fully saturated rings. The van der Waals surface area contributed by atoms with Crippen LogP contribution in [0, 0.1) is 6.92 Å². The molecule has 2 aliphatic rings. The highest BCUT2D eigenvalue weighted by atomic mass is 32.2. The second-order valence-corrected chi connectivity index (χ2v) is 8.27. The van der Waals surface area contributed by atoms with Crippen LogP contribution in [0.4, 0.5) is 0 Å². The summed E-state index contributed by atoms with van der Waals surface area (Å²) in [5.41, 5.74) is 2.14. The molecule has 7 heteroatoms. The molecule has 0 radical (unpaired) electrons. The third-order valence-electron chi connectivity index (χ3n) is 4.44. The molecule has 1 saturated heterocycles. The van der Waals surface area contributed by atoms with Crippen LogP contribution in [0.1, 0.15) is 30.1 Å². The molecule has 2 aromatic rings. The minimum absolute atomic E-state index is 0.127. The lowest BCUT2D eigenvalue weighted by Crippen LogP contribution is -2.32. The van der Waals surface area contributed by atoms with Crippen LogP contribution in [0.5, 0.6) is 11.5 Å². The zero-order valence-corrected chi connectivity index (χ0v) is 15.7. The van der Waals surface area contributed by atoms with Crippen molar-refractivity contribution in [2.24, 2.45) is 0 Å². The number of aromatic nitrogens is 1. The highest BCUT2D eigenvalue weighted by Crippen LogP contribution is 2.38. The number of thioether (sulfide) groups is 1. The Hall–Kier alpha value is -1.73. The quantitative estimate of drug-likeness (QED) is 0.762. The summed E-state index contributed by atoms with van der Waals surface area (Å²) in [6, 6.07) is 6.17. The third kappa shape index (κ3) is 3.62. The molecule has 0 aliphatic carbocycles. The van der Waals surface area contributed by atoms with E-state index in [2.05, 4.69) is 11.1 Å². The lowest BCUT2D eigenvalue weighted by atomic mass is 10.0. The number of carbonyl (C=O) groups excluding carboxylic acids is 1. The molecule has 25 heavy (non-hydrogen) atoms. The van der Waals surface area contributed by atoms with E-state index < -0.39 is 0 Å². The van der Waals surface area contributed by atoms with Crippen LogP contribution in [0.25, 0.3) is 0 Å². The van der Waals surface area contributed by atoms with Gasteiger partial charge in [0, 0.05) is 17.6 Å². The van der Waals surface area contributed by atoms with E-state index in [4.69, 9.17) is 9.47 Å².